The minimum atomic E-state index is -0.249. The summed E-state index contributed by atoms with van der Waals surface area (Å²) in [6.45, 7) is 0. The molecule has 104 valence electrons. The van der Waals surface area contributed by atoms with Crippen molar-refractivity contribution < 1.29 is 4.79 Å². The highest BCUT2D eigenvalue weighted by molar-refractivity contribution is 5.95. The molecule has 0 saturated heterocycles. The Morgan fingerprint density at radius 3 is 2.48 bits per heavy atom. The van der Waals surface area contributed by atoms with Crippen LogP contribution in [0, 0.1) is 11.3 Å². The molecule has 0 aromatic heterocycles. The van der Waals surface area contributed by atoms with Gasteiger partial charge in [-0.3, -0.25) is 4.79 Å². The Kier molecular flexibility index (Phi) is 3.45. The standard InChI is InChI=1S/C18H16N2O/c19-13-14-6-4-7-15(12-14)17(21)20-18(10-5-11-18)16-8-2-1-3-9-16/h1-4,6-9,12H,5,10-11H2,(H,20,21). The maximum atomic E-state index is 12.5. The number of rotatable bonds is 3. The van der Waals surface area contributed by atoms with Gasteiger partial charge in [0.25, 0.3) is 5.91 Å². The first-order chi connectivity index (χ1) is 10.2. The monoisotopic (exact) mass is 276 g/mol. The molecule has 3 heteroatoms. The summed E-state index contributed by atoms with van der Waals surface area (Å²) in [5.74, 6) is -0.115. The molecular formula is C18H16N2O. The minimum absolute atomic E-state index is 0.115. The lowest BCUT2D eigenvalue weighted by atomic mass is 9.71. The number of nitriles is 1. The van der Waals surface area contributed by atoms with Gasteiger partial charge < -0.3 is 5.32 Å². The van der Waals surface area contributed by atoms with E-state index in [0.717, 1.165) is 24.8 Å². The lowest BCUT2D eigenvalue weighted by molar-refractivity contribution is 0.0823. The second kappa shape index (κ2) is 5.41. The highest BCUT2D eigenvalue weighted by atomic mass is 16.1. The molecule has 1 saturated carbocycles. The number of carbonyl (C=O) groups excluding carboxylic acids is 1. The zero-order chi connectivity index (χ0) is 14.7. The van der Waals surface area contributed by atoms with E-state index < -0.39 is 0 Å². The number of benzene rings is 2. The summed E-state index contributed by atoms with van der Waals surface area (Å²) in [6.07, 6.45) is 3.04. The molecule has 0 bridgehead atoms. The summed E-state index contributed by atoms with van der Waals surface area (Å²) in [4.78, 5) is 12.5. The van der Waals surface area contributed by atoms with Crippen LogP contribution in [0.25, 0.3) is 0 Å². The zero-order valence-electron chi connectivity index (χ0n) is 11.7. The summed E-state index contributed by atoms with van der Waals surface area (Å²) in [6, 6.07) is 19.0. The van der Waals surface area contributed by atoms with Crippen LogP contribution >= 0.6 is 0 Å². The van der Waals surface area contributed by atoms with E-state index in [1.807, 2.05) is 18.2 Å². The second-order valence-electron chi connectivity index (χ2n) is 5.45. The molecule has 2 aromatic carbocycles. The Morgan fingerprint density at radius 2 is 1.86 bits per heavy atom. The van der Waals surface area contributed by atoms with Crippen molar-refractivity contribution >= 4 is 5.91 Å². The largest absolute Gasteiger partial charge is 0.343 e. The van der Waals surface area contributed by atoms with Gasteiger partial charge in [-0.25, -0.2) is 0 Å². The smallest absolute Gasteiger partial charge is 0.252 e. The van der Waals surface area contributed by atoms with Gasteiger partial charge in [-0.2, -0.15) is 5.26 Å². The fourth-order valence-electron chi connectivity index (χ4n) is 2.79. The highest BCUT2D eigenvalue weighted by Gasteiger charge is 2.39. The quantitative estimate of drug-likeness (QED) is 0.934. The Labute approximate surface area is 124 Å². The van der Waals surface area contributed by atoms with Crippen molar-refractivity contribution in [2.75, 3.05) is 0 Å². The molecule has 1 amide bonds. The van der Waals surface area contributed by atoms with Gasteiger partial charge in [-0.1, -0.05) is 36.4 Å². The third-order valence-corrected chi connectivity index (χ3v) is 4.14. The van der Waals surface area contributed by atoms with E-state index in [1.165, 1.54) is 0 Å². The lowest BCUT2D eigenvalue weighted by Gasteiger charge is -2.43. The first-order valence-electron chi connectivity index (χ1n) is 7.12. The molecule has 0 spiro atoms. The Morgan fingerprint density at radius 1 is 1.10 bits per heavy atom. The fourth-order valence-corrected chi connectivity index (χ4v) is 2.79. The van der Waals surface area contributed by atoms with Crippen molar-refractivity contribution in [2.45, 2.75) is 24.8 Å². The fraction of sp³-hybridized carbons (Fsp3) is 0.222. The van der Waals surface area contributed by atoms with Crippen molar-refractivity contribution in [1.82, 2.24) is 5.32 Å². The molecule has 1 aliphatic rings. The molecule has 0 unspecified atom stereocenters. The SMILES string of the molecule is N#Cc1cccc(C(=O)NC2(c3ccccc3)CCC2)c1. The van der Waals surface area contributed by atoms with Crippen molar-refractivity contribution in [2.24, 2.45) is 0 Å². The van der Waals surface area contributed by atoms with E-state index in [2.05, 4.69) is 23.5 Å². The average Bonchev–Trinajstić information content (AvgIpc) is 2.51. The van der Waals surface area contributed by atoms with Gasteiger partial charge in [0.05, 0.1) is 17.2 Å². The molecule has 1 N–H and O–H groups in total. The molecular weight excluding hydrogens is 260 g/mol. The third-order valence-electron chi connectivity index (χ3n) is 4.14. The first-order valence-corrected chi connectivity index (χ1v) is 7.12. The molecule has 1 aliphatic carbocycles. The molecule has 0 aliphatic heterocycles. The number of hydrogen-bond donors (Lipinski definition) is 1. The first kappa shape index (κ1) is 13.4. The number of amides is 1. The highest BCUT2D eigenvalue weighted by Crippen LogP contribution is 2.41. The molecule has 0 radical (unpaired) electrons. The van der Waals surface area contributed by atoms with Crippen LogP contribution < -0.4 is 5.32 Å². The molecule has 1 fully saturated rings. The van der Waals surface area contributed by atoms with Gasteiger partial charge in [0.1, 0.15) is 0 Å². The minimum Gasteiger partial charge on any atom is -0.343 e. The topological polar surface area (TPSA) is 52.9 Å². The molecule has 0 atom stereocenters. The van der Waals surface area contributed by atoms with Crippen LogP contribution in [0.1, 0.15) is 40.7 Å². The van der Waals surface area contributed by atoms with Crippen molar-refractivity contribution in [3.05, 3.63) is 71.3 Å². The molecule has 3 nitrogen and oxygen atoms in total. The van der Waals surface area contributed by atoms with E-state index in [0.29, 0.717) is 11.1 Å². The van der Waals surface area contributed by atoms with Gasteiger partial charge in [0.2, 0.25) is 0 Å². The van der Waals surface area contributed by atoms with Gasteiger partial charge in [-0.05, 0) is 43.0 Å². The van der Waals surface area contributed by atoms with Crippen molar-refractivity contribution in [1.29, 1.82) is 5.26 Å². The van der Waals surface area contributed by atoms with Crippen LogP contribution in [0.2, 0.25) is 0 Å². The third kappa shape index (κ3) is 2.53. The Balaban J connectivity index is 1.84. The van der Waals surface area contributed by atoms with Crippen LogP contribution in [0.5, 0.6) is 0 Å². The van der Waals surface area contributed by atoms with Crippen LogP contribution in [-0.4, -0.2) is 5.91 Å². The molecule has 3 rings (SSSR count). The van der Waals surface area contributed by atoms with E-state index in [9.17, 15) is 4.79 Å². The van der Waals surface area contributed by atoms with E-state index >= 15 is 0 Å². The maximum absolute atomic E-state index is 12.5. The Bertz CT molecular complexity index is 697. The normalized spacial score (nSPS) is 15.6. The van der Waals surface area contributed by atoms with E-state index in [1.54, 1.807) is 24.3 Å². The predicted octanol–water partition coefficient (Wildman–Crippen LogP) is 3.37. The van der Waals surface area contributed by atoms with Gasteiger partial charge in [0, 0.05) is 5.56 Å². The average molecular weight is 276 g/mol. The zero-order valence-corrected chi connectivity index (χ0v) is 11.7. The lowest BCUT2D eigenvalue weighted by Crippen LogP contribution is -2.50. The number of hydrogen-bond acceptors (Lipinski definition) is 2. The summed E-state index contributed by atoms with van der Waals surface area (Å²) < 4.78 is 0. The maximum Gasteiger partial charge on any atom is 0.252 e. The van der Waals surface area contributed by atoms with E-state index in [-0.39, 0.29) is 11.4 Å². The van der Waals surface area contributed by atoms with Crippen LogP contribution in [0.4, 0.5) is 0 Å². The summed E-state index contributed by atoms with van der Waals surface area (Å²) >= 11 is 0. The van der Waals surface area contributed by atoms with Gasteiger partial charge >= 0.3 is 0 Å². The van der Waals surface area contributed by atoms with Gasteiger partial charge in [-0.15, -0.1) is 0 Å². The number of nitrogens with one attached hydrogen (secondary N) is 1. The summed E-state index contributed by atoms with van der Waals surface area (Å²) in [5.41, 5.74) is 1.95. The molecule has 21 heavy (non-hydrogen) atoms. The van der Waals surface area contributed by atoms with E-state index in [4.69, 9.17) is 5.26 Å². The number of carbonyl (C=O) groups is 1. The van der Waals surface area contributed by atoms with Crippen molar-refractivity contribution in [3.63, 3.8) is 0 Å². The van der Waals surface area contributed by atoms with Crippen LogP contribution in [0.3, 0.4) is 0 Å². The van der Waals surface area contributed by atoms with Crippen LogP contribution in [-0.2, 0) is 5.54 Å². The Hall–Kier alpha value is -2.60. The van der Waals surface area contributed by atoms with Crippen LogP contribution in [0.15, 0.2) is 54.6 Å². The predicted molar refractivity (Wildman–Crippen MR) is 80.6 cm³/mol. The number of nitrogens with zero attached hydrogens (tertiary/aromatic N) is 1. The summed E-state index contributed by atoms with van der Waals surface area (Å²) in [7, 11) is 0. The summed E-state index contributed by atoms with van der Waals surface area (Å²) in [5, 5.41) is 12.1. The second-order valence-corrected chi connectivity index (χ2v) is 5.45. The van der Waals surface area contributed by atoms with Gasteiger partial charge in [0.15, 0.2) is 0 Å². The molecule has 0 heterocycles. The molecule has 2 aromatic rings. The van der Waals surface area contributed by atoms with Crippen molar-refractivity contribution in [3.8, 4) is 6.07 Å².